The number of carbonyl (C=O) groups is 3. The van der Waals surface area contributed by atoms with Crippen LogP contribution in [0, 0.1) is 15.4 Å². The lowest BCUT2D eigenvalue weighted by Crippen LogP contribution is -2.58. The van der Waals surface area contributed by atoms with E-state index in [-0.39, 0.29) is 29.7 Å². The quantitative estimate of drug-likeness (QED) is 0.286. The lowest BCUT2D eigenvalue weighted by molar-refractivity contribution is -0.147. The Morgan fingerprint density at radius 3 is 2.50 bits per heavy atom. The van der Waals surface area contributed by atoms with Crippen molar-refractivity contribution >= 4 is 45.8 Å². The fraction of sp³-hybridized carbons (Fsp3) is 0.316. The van der Waals surface area contributed by atoms with Gasteiger partial charge in [-0.05, 0) is 59.0 Å². The number of carbonyl (C=O) groups excluding carboxylic acids is 3. The predicted octanol–water partition coefficient (Wildman–Crippen LogP) is 1.03. The number of nitrogens with two attached hydrogens (primary N) is 1. The number of fused-ring (bicyclic) bond motifs is 3. The Bertz CT molecular complexity index is 1040. The summed E-state index contributed by atoms with van der Waals surface area (Å²) in [5, 5.41) is 42.5. The van der Waals surface area contributed by atoms with Crippen LogP contribution in [0.15, 0.2) is 29.0 Å². The van der Waals surface area contributed by atoms with Gasteiger partial charge in [0.25, 0.3) is 5.91 Å². The van der Waals surface area contributed by atoms with Gasteiger partial charge in [0.1, 0.15) is 22.8 Å². The van der Waals surface area contributed by atoms with Crippen molar-refractivity contribution in [3.63, 3.8) is 0 Å². The molecule has 0 aliphatic heterocycles. The van der Waals surface area contributed by atoms with E-state index in [2.05, 4.69) is 22.6 Å². The average molecular weight is 497 g/mol. The molecule has 9 heteroatoms. The van der Waals surface area contributed by atoms with Crippen molar-refractivity contribution < 1.29 is 34.8 Å². The molecule has 146 valence electrons. The second-order valence-electron chi connectivity index (χ2n) is 7.33. The van der Waals surface area contributed by atoms with Gasteiger partial charge in [0.2, 0.25) is 5.78 Å². The van der Waals surface area contributed by atoms with E-state index >= 15 is 0 Å². The Labute approximate surface area is 172 Å². The summed E-state index contributed by atoms with van der Waals surface area (Å²) in [7, 11) is 0. The summed E-state index contributed by atoms with van der Waals surface area (Å²) in [5.74, 6) is -6.15. The van der Waals surface area contributed by atoms with Crippen LogP contribution in [0.4, 0.5) is 0 Å². The Hall–Kier alpha value is -2.40. The van der Waals surface area contributed by atoms with Crippen molar-refractivity contribution in [2.75, 3.05) is 0 Å². The topological polar surface area (TPSA) is 158 Å². The van der Waals surface area contributed by atoms with Crippen LogP contribution in [0.1, 0.15) is 24.0 Å². The van der Waals surface area contributed by atoms with Gasteiger partial charge in [0, 0.05) is 21.5 Å². The molecule has 0 radical (unpaired) electrons. The predicted molar refractivity (Wildman–Crippen MR) is 104 cm³/mol. The van der Waals surface area contributed by atoms with Gasteiger partial charge >= 0.3 is 0 Å². The van der Waals surface area contributed by atoms with Crippen molar-refractivity contribution in [3.05, 3.63) is 43.7 Å². The number of primary amides is 1. The first-order valence-corrected chi connectivity index (χ1v) is 9.64. The molecule has 8 nitrogen and oxygen atoms in total. The number of aliphatic hydroxyl groups excluding tert-OH is 2. The molecular formula is C19H16INO7. The van der Waals surface area contributed by atoms with E-state index in [0.29, 0.717) is 12.0 Å². The minimum absolute atomic E-state index is 0.110. The van der Waals surface area contributed by atoms with Gasteiger partial charge in [0.05, 0.1) is 5.56 Å². The number of halogens is 1. The SMILES string of the molecule is NC(=O)C1=C(O)C2(O)C(=O)C3=C(O)c4c(O)ccc(I)c4CC3CC2CC1=O. The van der Waals surface area contributed by atoms with Gasteiger partial charge in [-0.3, -0.25) is 14.4 Å². The molecule has 4 rings (SSSR count). The highest BCUT2D eigenvalue weighted by atomic mass is 127. The van der Waals surface area contributed by atoms with E-state index in [4.69, 9.17) is 5.73 Å². The molecule has 1 fully saturated rings. The zero-order valence-electron chi connectivity index (χ0n) is 14.4. The maximum atomic E-state index is 13.2. The number of phenolic OH excluding ortho intramolecular Hbond substituents is 1. The highest BCUT2D eigenvalue weighted by Gasteiger charge is 2.60. The first-order chi connectivity index (χ1) is 13.1. The van der Waals surface area contributed by atoms with E-state index in [0.717, 1.165) is 3.57 Å². The lowest BCUT2D eigenvalue weighted by Gasteiger charge is -2.46. The molecule has 0 heterocycles. The first kappa shape index (κ1) is 18.9. The molecule has 6 N–H and O–H groups in total. The standard InChI is InChI=1S/C19H16INO7/c20-9-1-2-10(22)13-8(9)4-6-3-7-5-11(23)14(18(21)27)17(26)19(7,28)16(25)12(6)15(13)24/h1-2,6-7,22,24,26,28H,3-5H2,(H2,21,27). The second kappa shape index (κ2) is 6.05. The van der Waals surface area contributed by atoms with Crippen LogP contribution in [-0.2, 0) is 20.8 Å². The van der Waals surface area contributed by atoms with Crippen molar-refractivity contribution in [3.8, 4) is 5.75 Å². The summed E-state index contributed by atoms with van der Waals surface area (Å²) >= 11 is 2.06. The number of aliphatic hydroxyl groups is 3. The third-order valence-electron chi connectivity index (χ3n) is 5.89. The number of benzene rings is 1. The first-order valence-electron chi connectivity index (χ1n) is 8.56. The lowest BCUT2D eigenvalue weighted by atomic mass is 9.59. The van der Waals surface area contributed by atoms with Crippen LogP contribution < -0.4 is 5.73 Å². The van der Waals surface area contributed by atoms with E-state index < -0.39 is 52.0 Å². The number of aromatic hydroxyl groups is 1. The Morgan fingerprint density at radius 2 is 1.86 bits per heavy atom. The summed E-state index contributed by atoms with van der Waals surface area (Å²) in [4.78, 5) is 37.0. The molecule has 1 aromatic carbocycles. The zero-order valence-corrected chi connectivity index (χ0v) is 16.6. The molecule has 28 heavy (non-hydrogen) atoms. The van der Waals surface area contributed by atoms with E-state index in [1.807, 2.05) is 0 Å². The van der Waals surface area contributed by atoms with Crippen LogP contribution in [0.5, 0.6) is 5.75 Å². The van der Waals surface area contributed by atoms with Crippen LogP contribution in [0.25, 0.3) is 5.76 Å². The van der Waals surface area contributed by atoms with Crippen molar-refractivity contribution in [2.45, 2.75) is 24.9 Å². The van der Waals surface area contributed by atoms with Crippen LogP contribution >= 0.6 is 22.6 Å². The fourth-order valence-corrected chi connectivity index (χ4v) is 5.25. The molecule has 3 aliphatic rings. The number of Topliss-reactive ketones (excluding diaryl/α,β-unsaturated/α-hetero) is 2. The van der Waals surface area contributed by atoms with Crippen molar-refractivity contribution in [1.82, 2.24) is 0 Å². The third-order valence-corrected chi connectivity index (χ3v) is 6.90. The van der Waals surface area contributed by atoms with Crippen LogP contribution in [0.3, 0.4) is 0 Å². The van der Waals surface area contributed by atoms with E-state index in [1.165, 1.54) is 6.07 Å². The number of phenols is 1. The summed E-state index contributed by atoms with van der Waals surface area (Å²) in [6, 6.07) is 3.08. The van der Waals surface area contributed by atoms with Crippen LogP contribution in [0.2, 0.25) is 0 Å². The average Bonchev–Trinajstić information content (AvgIpc) is 2.61. The highest BCUT2D eigenvalue weighted by Crippen LogP contribution is 2.52. The number of ketones is 2. The van der Waals surface area contributed by atoms with Gasteiger partial charge in [-0.15, -0.1) is 0 Å². The maximum absolute atomic E-state index is 13.2. The molecular weight excluding hydrogens is 481 g/mol. The summed E-state index contributed by atoms with van der Waals surface area (Å²) < 4.78 is 0.794. The smallest absolute Gasteiger partial charge is 0.255 e. The van der Waals surface area contributed by atoms with Crippen molar-refractivity contribution in [1.29, 1.82) is 0 Å². The molecule has 0 saturated heterocycles. The molecule has 1 aromatic rings. The highest BCUT2D eigenvalue weighted by molar-refractivity contribution is 14.1. The second-order valence-corrected chi connectivity index (χ2v) is 8.49. The molecule has 1 saturated carbocycles. The number of hydrogen-bond acceptors (Lipinski definition) is 7. The molecule has 0 spiro atoms. The molecule has 3 aliphatic carbocycles. The molecule has 3 atom stereocenters. The normalized spacial score (nSPS) is 29.4. The van der Waals surface area contributed by atoms with E-state index in [1.54, 1.807) is 6.07 Å². The maximum Gasteiger partial charge on any atom is 0.255 e. The molecule has 1 amide bonds. The molecule has 0 bridgehead atoms. The number of rotatable bonds is 1. The minimum atomic E-state index is -2.52. The Balaban J connectivity index is 1.95. The van der Waals surface area contributed by atoms with Crippen molar-refractivity contribution in [2.24, 2.45) is 17.6 Å². The monoisotopic (exact) mass is 497 g/mol. The van der Waals surface area contributed by atoms with Gasteiger partial charge in [-0.25, -0.2) is 0 Å². The van der Waals surface area contributed by atoms with Crippen LogP contribution in [-0.4, -0.2) is 43.5 Å². The largest absolute Gasteiger partial charge is 0.508 e. The minimum Gasteiger partial charge on any atom is -0.508 e. The Morgan fingerprint density at radius 1 is 1.18 bits per heavy atom. The summed E-state index contributed by atoms with van der Waals surface area (Å²) in [5.41, 5.74) is 2.47. The number of amides is 1. The summed E-state index contributed by atoms with van der Waals surface area (Å²) in [6.45, 7) is 0. The van der Waals surface area contributed by atoms with Gasteiger partial charge in [-0.1, -0.05) is 0 Å². The molecule has 3 unspecified atom stereocenters. The van der Waals surface area contributed by atoms with Gasteiger partial charge in [0.15, 0.2) is 11.4 Å². The van der Waals surface area contributed by atoms with Gasteiger partial charge < -0.3 is 26.2 Å². The summed E-state index contributed by atoms with van der Waals surface area (Å²) in [6.07, 6.45) is 0.134. The molecule has 0 aromatic heterocycles. The third kappa shape index (κ3) is 2.29. The van der Waals surface area contributed by atoms with Gasteiger partial charge in [-0.2, -0.15) is 0 Å². The van der Waals surface area contributed by atoms with E-state index in [9.17, 15) is 34.8 Å². The fourth-order valence-electron chi connectivity index (χ4n) is 4.58. The zero-order chi connectivity index (χ0) is 20.5. The number of hydrogen-bond donors (Lipinski definition) is 5. The Kier molecular flexibility index (Phi) is 4.09.